The van der Waals surface area contributed by atoms with Crippen molar-refractivity contribution in [2.24, 2.45) is 0 Å². The van der Waals surface area contributed by atoms with Gasteiger partial charge in [-0.2, -0.15) is 0 Å². The van der Waals surface area contributed by atoms with Crippen molar-refractivity contribution in [3.05, 3.63) is 83.5 Å². The van der Waals surface area contributed by atoms with Crippen LogP contribution < -0.4 is 10.1 Å². The Balaban J connectivity index is 1.34. The summed E-state index contributed by atoms with van der Waals surface area (Å²) in [4.78, 5) is 13.6. The molecule has 0 bridgehead atoms. The summed E-state index contributed by atoms with van der Waals surface area (Å²) in [5, 5.41) is 7.36. The number of rotatable bonds is 7. The Labute approximate surface area is 189 Å². The number of thiazole rings is 1. The highest BCUT2D eigenvalue weighted by Gasteiger charge is 2.11. The lowest BCUT2D eigenvalue weighted by molar-refractivity contribution is 0.289. The molecule has 1 unspecified atom stereocenters. The van der Waals surface area contributed by atoms with Crippen molar-refractivity contribution < 1.29 is 9.26 Å². The number of hydrogen-bond acceptors (Lipinski definition) is 8. The number of aryl methyl sites for hydroxylation is 1. The van der Waals surface area contributed by atoms with Gasteiger partial charge in [-0.3, -0.25) is 0 Å². The fourth-order valence-electron chi connectivity index (χ4n) is 3.45. The van der Waals surface area contributed by atoms with E-state index in [4.69, 9.17) is 9.26 Å². The Bertz CT molecular complexity index is 1350. The summed E-state index contributed by atoms with van der Waals surface area (Å²) < 4.78 is 11.8. The number of benzene rings is 2. The van der Waals surface area contributed by atoms with Gasteiger partial charge < -0.3 is 14.6 Å². The van der Waals surface area contributed by atoms with Gasteiger partial charge in [-0.15, -0.1) is 11.3 Å². The third kappa shape index (κ3) is 4.45. The molecule has 32 heavy (non-hydrogen) atoms. The minimum absolute atomic E-state index is 0.0247. The zero-order chi connectivity index (χ0) is 21.9. The van der Waals surface area contributed by atoms with Crippen LogP contribution in [-0.4, -0.2) is 20.1 Å². The summed E-state index contributed by atoms with van der Waals surface area (Å²) in [7, 11) is 0. The van der Waals surface area contributed by atoms with Crippen LogP contribution in [0.3, 0.4) is 0 Å². The van der Waals surface area contributed by atoms with Crippen molar-refractivity contribution in [1.82, 2.24) is 20.1 Å². The van der Waals surface area contributed by atoms with E-state index in [9.17, 15) is 0 Å². The molecule has 0 radical (unpaired) electrons. The Hall–Kier alpha value is -3.78. The van der Waals surface area contributed by atoms with E-state index in [1.54, 1.807) is 17.4 Å². The minimum atomic E-state index is 0.0247. The van der Waals surface area contributed by atoms with Crippen LogP contribution in [0.2, 0.25) is 0 Å². The smallest absolute Gasteiger partial charge is 0.134 e. The lowest BCUT2D eigenvalue weighted by atomic mass is 10.1. The van der Waals surface area contributed by atoms with Gasteiger partial charge in [0.2, 0.25) is 0 Å². The summed E-state index contributed by atoms with van der Waals surface area (Å²) >= 11 is 1.63. The van der Waals surface area contributed by atoms with Crippen molar-refractivity contribution >= 4 is 27.4 Å². The van der Waals surface area contributed by atoms with Crippen LogP contribution in [0, 0.1) is 6.92 Å². The summed E-state index contributed by atoms with van der Waals surface area (Å²) in [6, 6.07) is 18.0. The zero-order valence-electron chi connectivity index (χ0n) is 17.6. The maximum absolute atomic E-state index is 5.84. The minimum Gasteiger partial charge on any atom is -0.487 e. The molecule has 1 N–H and O–H groups in total. The van der Waals surface area contributed by atoms with E-state index >= 15 is 0 Å². The quantitative estimate of drug-likeness (QED) is 0.340. The first kappa shape index (κ1) is 20.1. The topological polar surface area (TPSA) is 86.0 Å². The van der Waals surface area contributed by atoms with Crippen molar-refractivity contribution in [1.29, 1.82) is 0 Å². The van der Waals surface area contributed by atoms with Crippen molar-refractivity contribution in [2.45, 2.75) is 26.5 Å². The number of anilines is 1. The van der Waals surface area contributed by atoms with Crippen LogP contribution in [0.4, 0.5) is 5.82 Å². The van der Waals surface area contributed by atoms with Gasteiger partial charge in [0.1, 0.15) is 36.0 Å². The number of ether oxygens (including phenoxy) is 1. The number of nitrogens with zero attached hydrogens (tertiary/aromatic N) is 4. The Morgan fingerprint density at radius 1 is 1.09 bits per heavy atom. The molecule has 0 saturated carbocycles. The van der Waals surface area contributed by atoms with E-state index in [0.717, 1.165) is 44.3 Å². The average molecular weight is 444 g/mol. The maximum atomic E-state index is 5.84. The van der Waals surface area contributed by atoms with Gasteiger partial charge in [-0.25, -0.2) is 15.0 Å². The molecule has 7 nitrogen and oxygen atoms in total. The summed E-state index contributed by atoms with van der Waals surface area (Å²) in [5.41, 5.74) is 6.63. The van der Waals surface area contributed by atoms with Crippen molar-refractivity contribution in [3.8, 4) is 17.0 Å². The first-order chi connectivity index (χ1) is 15.6. The molecule has 0 saturated heterocycles. The average Bonchev–Trinajstić information content (AvgIpc) is 3.49. The highest BCUT2D eigenvalue weighted by Crippen LogP contribution is 2.28. The van der Waals surface area contributed by atoms with E-state index in [0.29, 0.717) is 12.4 Å². The molecular formula is C24H21N5O2S. The summed E-state index contributed by atoms with van der Waals surface area (Å²) in [6.45, 7) is 4.36. The molecule has 2 aromatic carbocycles. The Morgan fingerprint density at radius 2 is 2.03 bits per heavy atom. The fourth-order valence-corrected chi connectivity index (χ4v) is 4.17. The SMILES string of the molecule is Cc1nc(NC(C)c2cccc(OCc3ccon3)c2)cc(-c2ccc3ncsc3c2)n1. The highest BCUT2D eigenvalue weighted by molar-refractivity contribution is 7.16. The van der Waals surface area contributed by atoms with Crippen LogP contribution >= 0.6 is 11.3 Å². The molecule has 0 aliphatic carbocycles. The molecule has 0 aliphatic rings. The second-order valence-corrected chi connectivity index (χ2v) is 8.32. The van der Waals surface area contributed by atoms with Gasteiger partial charge in [0.15, 0.2) is 0 Å². The molecule has 5 aromatic rings. The van der Waals surface area contributed by atoms with E-state index in [1.807, 2.05) is 48.8 Å². The van der Waals surface area contributed by atoms with E-state index in [2.05, 4.69) is 44.5 Å². The lowest BCUT2D eigenvalue weighted by Gasteiger charge is -2.17. The number of aromatic nitrogens is 4. The second-order valence-electron chi connectivity index (χ2n) is 7.44. The third-order valence-electron chi connectivity index (χ3n) is 5.07. The Morgan fingerprint density at radius 3 is 2.91 bits per heavy atom. The maximum Gasteiger partial charge on any atom is 0.134 e. The molecular weight excluding hydrogens is 422 g/mol. The lowest BCUT2D eigenvalue weighted by Crippen LogP contribution is -2.09. The molecule has 3 heterocycles. The first-order valence-corrected chi connectivity index (χ1v) is 11.1. The van der Waals surface area contributed by atoms with E-state index < -0.39 is 0 Å². The largest absolute Gasteiger partial charge is 0.487 e. The Kier molecular flexibility index (Phi) is 5.51. The standard InChI is InChI=1S/C24H21N5O2S/c1-15(17-4-3-5-20(10-17)30-13-19-8-9-31-29-19)26-24-12-22(27-16(2)28-24)18-6-7-21-23(11-18)32-14-25-21/h3-12,14-15H,13H2,1-2H3,(H,26,27,28). The van der Waals surface area contributed by atoms with Crippen molar-refractivity contribution in [3.63, 3.8) is 0 Å². The molecule has 0 amide bonds. The molecule has 0 aliphatic heterocycles. The molecule has 160 valence electrons. The van der Waals surface area contributed by atoms with Crippen LogP contribution in [0.15, 0.2) is 70.9 Å². The van der Waals surface area contributed by atoms with Gasteiger partial charge in [-0.05, 0) is 43.7 Å². The van der Waals surface area contributed by atoms with Crippen LogP contribution in [-0.2, 0) is 6.61 Å². The van der Waals surface area contributed by atoms with Crippen LogP contribution in [0.1, 0.15) is 30.0 Å². The molecule has 8 heteroatoms. The molecule has 0 spiro atoms. The predicted molar refractivity (Wildman–Crippen MR) is 125 cm³/mol. The van der Waals surface area contributed by atoms with E-state index in [-0.39, 0.29) is 6.04 Å². The third-order valence-corrected chi connectivity index (χ3v) is 5.86. The van der Waals surface area contributed by atoms with Crippen LogP contribution in [0.5, 0.6) is 5.75 Å². The van der Waals surface area contributed by atoms with Crippen molar-refractivity contribution in [2.75, 3.05) is 5.32 Å². The molecule has 0 fully saturated rings. The summed E-state index contributed by atoms with van der Waals surface area (Å²) in [6.07, 6.45) is 1.54. The number of hydrogen-bond donors (Lipinski definition) is 1. The highest BCUT2D eigenvalue weighted by atomic mass is 32.1. The number of fused-ring (bicyclic) bond motifs is 1. The molecule has 1 atom stereocenters. The van der Waals surface area contributed by atoms with Crippen LogP contribution in [0.25, 0.3) is 21.5 Å². The monoisotopic (exact) mass is 443 g/mol. The van der Waals surface area contributed by atoms with Gasteiger partial charge >= 0.3 is 0 Å². The van der Waals surface area contributed by atoms with Gasteiger partial charge in [0.25, 0.3) is 0 Å². The molecule has 3 aromatic heterocycles. The predicted octanol–water partition coefficient (Wildman–Crippen LogP) is 5.80. The molecule has 5 rings (SSSR count). The zero-order valence-corrected chi connectivity index (χ0v) is 18.5. The van der Waals surface area contributed by atoms with Gasteiger partial charge in [0, 0.05) is 17.7 Å². The second kappa shape index (κ2) is 8.76. The first-order valence-electron chi connectivity index (χ1n) is 10.2. The van der Waals surface area contributed by atoms with Gasteiger partial charge in [-0.1, -0.05) is 23.4 Å². The normalized spacial score (nSPS) is 12.1. The van der Waals surface area contributed by atoms with E-state index in [1.165, 1.54) is 6.26 Å². The summed E-state index contributed by atoms with van der Waals surface area (Å²) in [5.74, 6) is 2.26. The fraction of sp³-hybridized carbons (Fsp3) is 0.167. The number of nitrogens with one attached hydrogen (secondary N) is 1. The van der Waals surface area contributed by atoms with Gasteiger partial charge in [0.05, 0.1) is 27.5 Å².